The predicted octanol–water partition coefficient (Wildman–Crippen LogP) is 2.32. The van der Waals surface area contributed by atoms with Gasteiger partial charge in [-0.15, -0.1) is 11.8 Å². The van der Waals surface area contributed by atoms with Crippen molar-refractivity contribution in [3.8, 4) is 5.75 Å². The average molecular weight is 255 g/mol. The number of anilines is 1. The summed E-state index contributed by atoms with van der Waals surface area (Å²) in [5, 5.41) is 0. The Kier molecular flexibility index (Phi) is 5.69. The van der Waals surface area contributed by atoms with Crippen LogP contribution >= 0.6 is 11.8 Å². The van der Waals surface area contributed by atoms with Gasteiger partial charge in [0.1, 0.15) is 5.75 Å². The third kappa shape index (κ3) is 4.19. The van der Waals surface area contributed by atoms with E-state index in [4.69, 9.17) is 10.5 Å². The average Bonchev–Trinajstić information content (AvgIpc) is 2.35. The molecule has 0 saturated carbocycles. The van der Waals surface area contributed by atoms with Crippen LogP contribution in [0.1, 0.15) is 13.3 Å². The van der Waals surface area contributed by atoms with Gasteiger partial charge in [0.15, 0.2) is 0 Å². The molecular weight excluding hydrogens is 238 g/mol. The lowest BCUT2D eigenvalue weighted by Crippen LogP contribution is -2.04. The topological polar surface area (TPSA) is 61.5 Å². The monoisotopic (exact) mass is 255 g/mol. The first-order chi connectivity index (χ1) is 8.19. The summed E-state index contributed by atoms with van der Waals surface area (Å²) >= 11 is 1.35. The highest BCUT2D eigenvalue weighted by Gasteiger charge is 2.08. The summed E-state index contributed by atoms with van der Waals surface area (Å²) in [6, 6.07) is 5.55. The van der Waals surface area contributed by atoms with Crippen molar-refractivity contribution in [2.75, 3.05) is 25.2 Å². The van der Waals surface area contributed by atoms with Crippen LogP contribution in [0, 0.1) is 0 Å². The van der Waals surface area contributed by atoms with Crippen molar-refractivity contribution in [3.05, 3.63) is 18.2 Å². The molecule has 0 fully saturated rings. The Morgan fingerprint density at radius 3 is 2.88 bits per heavy atom. The van der Waals surface area contributed by atoms with Gasteiger partial charge in [-0.05, 0) is 18.6 Å². The van der Waals surface area contributed by atoms with Crippen LogP contribution in [0.4, 0.5) is 5.69 Å². The number of esters is 1. The summed E-state index contributed by atoms with van der Waals surface area (Å²) in [7, 11) is 1.37. The lowest BCUT2D eigenvalue weighted by Gasteiger charge is -2.11. The van der Waals surface area contributed by atoms with E-state index in [0.717, 1.165) is 11.3 Å². The summed E-state index contributed by atoms with van der Waals surface area (Å²) in [6.07, 6.45) is 0.930. The van der Waals surface area contributed by atoms with Crippen LogP contribution in [-0.4, -0.2) is 25.4 Å². The van der Waals surface area contributed by atoms with Crippen LogP contribution in [0.2, 0.25) is 0 Å². The van der Waals surface area contributed by atoms with Crippen molar-refractivity contribution in [2.45, 2.75) is 18.2 Å². The predicted molar refractivity (Wildman–Crippen MR) is 69.4 cm³/mol. The fourth-order valence-electron chi connectivity index (χ4n) is 1.18. The summed E-state index contributed by atoms with van der Waals surface area (Å²) in [4.78, 5) is 11.9. The van der Waals surface area contributed by atoms with E-state index in [-0.39, 0.29) is 11.7 Å². The minimum Gasteiger partial charge on any atom is -0.491 e. The zero-order chi connectivity index (χ0) is 12.7. The summed E-state index contributed by atoms with van der Waals surface area (Å²) in [5.41, 5.74) is 6.53. The van der Waals surface area contributed by atoms with Gasteiger partial charge in [0.25, 0.3) is 0 Å². The molecule has 0 unspecified atom stereocenters. The number of nitrogens with two attached hydrogens (primary N) is 1. The second kappa shape index (κ2) is 7.06. The molecule has 5 heteroatoms. The summed E-state index contributed by atoms with van der Waals surface area (Å²) in [6.45, 7) is 2.67. The molecule has 0 heterocycles. The Labute approximate surface area is 105 Å². The van der Waals surface area contributed by atoms with Gasteiger partial charge in [0.05, 0.1) is 25.2 Å². The van der Waals surface area contributed by atoms with Gasteiger partial charge in [-0.25, -0.2) is 0 Å². The van der Waals surface area contributed by atoms with Crippen molar-refractivity contribution in [1.29, 1.82) is 0 Å². The fourth-order valence-corrected chi connectivity index (χ4v) is 2.01. The van der Waals surface area contributed by atoms with E-state index in [1.807, 2.05) is 25.1 Å². The van der Waals surface area contributed by atoms with Crippen LogP contribution in [0.15, 0.2) is 23.1 Å². The van der Waals surface area contributed by atoms with E-state index in [9.17, 15) is 4.79 Å². The first kappa shape index (κ1) is 13.7. The number of carbonyl (C=O) groups excluding carboxylic acids is 1. The SMILES string of the molecule is CCCOc1cccc(SCC(=O)OC)c1N. The Morgan fingerprint density at radius 1 is 1.47 bits per heavy atom. The van der Waals surface area contributed by atoms with Crippen LogP contribution < -0.4 is 10.5 Å². The zero-order valence-electron chi connectivity index (χ0n) is 10.1. The molecule has 0 amide bonds. The molecule has 1 rings (SSSR count). The molecule has 0 radical (unpaired) electrons. The number of thioether (sulfide) groups is 1. The molecule has 1 aromatic rings. The smallest absolute Gasteiger partial charge is 0.315 e. The van der Waals surface area contributed by atoms with E-state index in [0.29, 0.717) is 18.0 Å². The van der Waals surface area contributed by atoms with Gasteiger partial charge in [0.2, 0.25) is 0 Å². The summed E-state index contributed by atoms with van der Waals surface area (Å²) < 4.78 is 10.1. The zero-order valence-corrected chi connectivity index (χ0v) is 10.9. The number of benzene rings is 1. The van der Waals surface area contributed by atoms with E-state index in [1.54, 1.807) is 0 Å². The van der Waals surface area contributed by atoms with Crippen LogP contribution in [-0.2, 0) is 9.53 Å². The van der Waals surface area contributed by atoms with Crippen LogP contribution in [0.25, 0.3) is 0 Å². The maximum absolute atomic E-state index is 11.0. The number of hydrogen-bond acceptors (Lipinski definition) is 5. The molecule has 4 nitrogen and oxygen atoms in total. The molecule has 1 aromatic carbocycles. The summed E-state index contributed by atoms with van der Waals surface area (Å²) in [5.74, 6) is 0.647. The van der Waals surface area contributed by atoms with Crippen LogP contribution in [0.5, 0.6) is 5.75 Å². The van der Waals surface area contributed by atoms with Gasteiger partial charge in [-0.3, -0.25) is 4.79 Å². The normalized spacial score (nSPS) is 10.0. The molecule has 0 bridgehead atoms. The second-order valence-corrected chi connectivity index (χ2v) is 4.40. The molecule has 0 aliphatic heterocycles. The standard InChI is InChI=1S/C12H17NO3S/c1-3-7-16-9-5-4-6-10(12(9)13)17-8-11(14)15-2/h4-6H,3,7-8,13H2,1-2H3. The van der Waals surface area contributed by atoms with Crippen molar-refractivity contribution in [3.63, 3.8) is 0 Å². The lowest BCUT2D eigenvalue weighted by atomic mass is 10.3. The number of para-hydroxylation sites is 1. The van der Waals surface area contributed by atoms with E-state index in [2.05, 4.69) is 4.74 Å². The molecule has 0 saturated heterocycles. The first-order valence-corrected chi connectivity index (χ1v) is 6.38. The van der Waals surface area contributed by atoms with Crippen molar-refractivity contribution >= 4 is 23.4 Å². The third-order valence-corrected chi connectivity index (χ3v) is 3.11. The maximum atomic E-state index is 11.0. The quantitative estimate of drug-likeness (QED) is 0.480. The first-order valence-electron chi connectivity index (χ1n) is 5.40. The highest BCUT2D eigenvalue weighted by Crippen LogP contribution is 2.32. The largest absolute Gasteiger partial charge is 0.491 e. The minimum atomic E-state index is -0.269. The molecule has 0 aromatic heterocycles. The molecule has 0 atom stereocenters. The fraction of sp³-hybridized carbons (Fsp3) is 0.417. The molecule has 17 heavy (non-hydrogen) atoms. The molecule has 2 N–H and O–H groups in total. The van der Waals surface area contributed by atoms with Gasteiger partial charge >= 0.3 is 5.97 Å². The molecule has 94 valence electrons. The number of methoxy groups -OCH3 is 1. The highest BCUT2D eigenvalue weighted by atomic mass is 32.2. The Bertz CT molecular complexity index is 382. The Morgan fingerprint density at radius 2 is 2.24 bits per heavy atom. The van der Waals surface area contributed by atoms with E-state index in [1.165, 1.54) is 18.9 Å². The number of ether oxygens (including phenoxy) is 2. The number of nitrogen functional groups attached to an aromatic ring is 1. The van der Waals surface area contributed by atoms with Gasteiger partial charge in [-0.2, -0.15) is 0 Å². The number of rotatable bonds is 6. The number of carbonyl (C=O) groups is 1. The molecule has 0 aliphatic rings. The molecular formula is C12H17NO3S. The minimum absolute atomic E-state index is 0.248. The Balaban J connectivity index is 2.69. The van der Waals surface area contributed by atoms with Gasteiger partial charge < -0.3 is 15.2 Å². The van der Waals surface area contributed by atoms with Gasteiger partial charge in [0, 0.05) is 4.90 Å². The highest BCUT2D eigenvalue weighted by molar-refractivity contribution is 8.00. The van der Waals surface area contributed by atoms with Gasteiger partial charge in [-0.1, -0.05) is 13.0 Å². The second-order valence-electron chi connectivity index (χ2n) is 3.38. The maximum Gasteiger partial charge on any atom is 0.315 e. The van der Waals surface area contributed by atoms with Crippen molar-refractivity contribution in [2.24, 2.45) is 0 Å². The molecule has 0 spiro atoms. The van der Waals surface area contributed by atoms with Crippen LogP contribution in [0.3, 0.4) is 0 Å². The third-order valence-electron chi connectivity index (χ3n) is 2.06. The van der Waals surface area contributed by atoms with E-state index >= 15 is 0 Å². The number of hydrogen-bond donors (Lipinski definition) is 1. The van der Waals surface area contributed by atoms with E-state index < -0.39 is 0 Å². The van der Waals surface area contributed by atoms with Crippen molar-refractivity contribution < 1.29 is 14.3 Å². The molecule has 0 aliphatic carbocycles. The Hall–Kier alpha value is -1.36. The lowest BCUT2D eigenvalue weighted by molar-refractivity contribution is -0.137. The van der Waals surface area contributed by atoms with Crippen molar-refractivity contribution in [1.82, 2.24) is 0 Å².